The summed E-state index contributed by atoms with van der Waals surface area (Å²) in [5.74, 6) is 0.931. The number of aromatic nitrogens is 2. The SMILES string of the molecule is COCCNCc1nnc(CCC2CCCCC2)s1. The Morgan fingerprint density at radius 1 is 1.21 bits per heavy atom. The number of aryl methyl sites for hydroxylation is 1. The summed E-state index contributed by atoms with van der Waals surface area (Å²) in [6, 6.07) is 0. The summed E-state index contributed by atoms with van der Waals surface area (Å²) >= 11 is 1.75. The van der Waals surface area contributed by atoms with Crippen LogP contribution < -0.4 is 5.32 Å². The quantitative estimate of drug-likeness (QED) is 0.745. The van der Waals surface area contributed by atoms with Crippen LogP contribution in [0.5, 0.6) is 0 Å². The van der Waals surface area contributed by atoms with Crippen molar-refractivity contribution in [3.8, 4) is 0 Å². The van der Waals surface area contributed by atoms with Crippen molar-refractivity contribution in [3.63, 3.8) is 0 Å². The van der Waals surface area contributed by atoms with Gasteiger partial charge in [0.15, 0.2) is 0 Å². The third-order valence-corrected chi connectivity index (χ3v) is 4.74. The minimum atomic E-state index is 0.743. The van der Waals surface area contributed by atoms with E-state index in [4.69, 9.17) is 4.74 Å². The largest absolute Gasteiger partial charge is 0.383 e. The topological polar surface area (TPSA) is 47.0 Å². The van der Waals surface area contributed by atoms with E-state index in [0.717, 1.165) is 37.0 Å². The predicted octanol–water partition coefficient (Wildman–Crippen LogP) is 2.79. The molecule has 0 radical (unpaired) electrons. The van der Waals surface area contributed by atoms with Crippen LogP contribution >= 0.6 is 11.3 Å². The Balaban J connectivity index is 1.65. The highest BCUT2D eigenvalue weighted by Gasteiger charge is 2.14. The van der Waals surface area contributed by atoms with Crippen LogP contribution in [0.1, 0.15) is 48.5 Å². The van der Waals surface area contributed by atoms with Crippen molar-refractivity contribution in [2.24, 2.45) is 5.92 Å². The molecule has 108 valence electrons. The van der Waals surface area contributed by atoms with Gasteiger partial charge in [-0.3, -0.25) is 0 Å². The first-order valence-corrected chi connectivity index (χ1v) is 8.21. The molecule has 5 heteroatoms. The van der Waals surface area contributed by atoms with Gasteiger partial charge in [0.2, 0.25) is 0 Å². The van der Waals surface area contributed by atoms with Crippen LogP contribution in [0.2, 0.25) is 0 Å². The average molecular weight is 283 g/mol. The molecular formula is C14H25N3OS. The molecule has 2 rings (SSSR count). The van der Waals surface area contributed by atoms with Crippen molar-refractivity contribution < 1.29 is 4.74 Å². The van der Waals surface area contributed by atoms with Crippen LogP contribution in [-0.4, -0.2) is 30.5 Å². The van der Waals surface area contributed by atoms with Crippen LogP contribution in [0.3, 0.4) is 0 Å². The maximum Gasteiger partial charge on any atom is 0.131 e. The van der Waals surface area contributed by atoms with Gasteiger partial charge in [-0.15, -0.1) is 21.5 Å². The molecule has 1 fully saturated rings. The average Bonchev–Trinajstić information content (AvgIpc) is 2.91. The highest BCUT2D eigenvalue weighted by molar-refractivity contribution is 7.11. The van der Waals surface area contributed by atoms with Gasteiger partial charge in [-0.25, -0.2) is 0 Å². The molecular weight excluding hydrogens is 258 g/mol. The monoisotopic (exact) mass is 283 g/mol. The molecule has 0 bridgehead atoms. The Morgan fingerprint density at radius 3 is 2.79 bits per heavy atom. The molecule has 1 aromatic rings. The predicted molar refractivity (Wildman–Crippen MR) is 78.4 cm³/mol. The van der Waals surface area contributed by atoms with Crippen molar-refractivity contribution in [2.45, 2.75) is 51.5 Å². The van der Waals surface area contributed by atoms with E-state index in [1.54, 1.807) is 18.4 Å². The summed E-state index contributed by atoms with van der Waals surface area (Å²) in [7, 11) is 1.72. The number of nitrogens with zero attached hydrogens (tertiary/aromatic N) is 2. The second kappa shape index (κ2) is 8.61. The lowest BCUT2D eigenvalue weighted by Crippen LogP contribution is -2.18. The molecule has 0 atom stereocenters. The molecule has 1 saturated carbocycles. The van der Waals surface area contributed by atoms with E-state index in [1.165, 1.54) is 43.5 Å². The van der Waals surface area contributed by atoms with Crippen molar-refractivity contribution in [3.05, 3.63) is 10.0 Å². The summed E-state index contributed by atoms with van der Waals surface area (Å²) in [5, 5.41) is 14.1. The zero-order chi connectivity index (χ0) is 13.3. The lowest BCUT2D eigenvalue weighted by Gasteiger charge is -2.20. The van der Waals surface area contributed by atoms with E-state index in [0.29, 0.717) is 0 Å². The zero-order valence-electron chi connectivity index (χ0n) is 11.9. The minimum absolute atomic E-state index is 0.743. The van der Waals surface area contributed by atoms with E-state index in [2.05, 4.69) is 15.5 Å². The van der Waals surface area contributed by atoms with Crippen molar-refractivity contribution in [1.29, 1.82) is 0 Å². The Hall–Kier alpha value is -0.520. The number of hydrogen-bond acceptors (Lipinski definition) is 5. The lowest BCUT2D eigenvalue weighted by molar-refractivity contribution is 0.199. The molecule has 19 heavy (non-hydrogen) atoms. The molecule has 0 aliphatic heterocycles. The van der Waals surface area contributed by atoms with Crippen LogP contribution in [0, 0.1) is 5.92 Å². The molecule has 1 N–H and O–H groups in total. The van der Waals surface area contributed by atoms with Gasteiger partial charge in [-0.05, 0) is 12.3 Å². The normalized spacial score (nSPS) is 16.9. The molecule has 1 aliphatic rings. The highest BCUT2D eigenvalue weighted by Crippen LogP contribution is 2.27. The number of ether oxygens (including phenoxy) is 1. The van der Waals surface area contributed by atoms with Gasteiger partial charge in [-0.1, -0.05) is 32.1 Å². The maximum absolute atomic E-state index is 5.00. The van der Waals surface area contributed by atoms with E-state index in [1.807, 2.05) is 0 Å². The molecule has 0 saturated heterocycles. The fraction of sp³-hybridized carbons (Fsp3) is 0.857. The fourth-order valence-electron chi connectivity index (χ4n) is 2.63. The van der Waals surface area contributed by atoms with Gasteiger partial charge < -0.3 is 10.1 Å². The van der Waals surface area contributed by atoms with Gasteiger partial charge in [0.05, 0.1) is 6.61 Å². The van der Waals surface area contributed by atoms with E-state index < -0.39 is 0 Å². The zero-order valence-corrected chi connectivity index (χ0v) is 12.7. The molecule has 1 aliphatic carbocycles. The van der Waals surface area contributed by atoms with E-state index in [9.17, 15) is 0 Å². The standard InChI is InChI=1S/C14H25N3OS/c1-18-10-9-15-11-14-17-16-13(19-14)8-7-12-5-3-2-4-6-12/h12,15H,2-11H2,1H3. The summed E-state index contributed by atoms with van der Waals surface area (Å²) < 4.78 is 5.00. The van der Waals surface area contributed by atoms with Crippen molar-refractivity contribution in [2.75, 3.05) is 20.3 Å². The van der Waals surface area contributed by atoms with Gasteiger partial charge in [0, 0.05) is 26.6 Å². The summed E-state index contributed by atoms with van der Waals surface area (Å²) in [6.45, 7) is 2.42. The van der Waals surface area contributed by atoms with Gasteiger partial charge in [0.25, 0.3) is 0 Å². The first-order chi connectivity index (χ1) is 9.38. The first kappa shape index (κ1) is 14.9. The first-order valence-electron chi connectivity index (χ1n) is 7.39. The smallest absolute Gasteiger partial charge is 0.131 e. The minimum Gasteiger partial charge on any atom is -0.383 e. The molecule has 0 amide bonds. The van der Waals surface area contributed by atoms with E-state index >= 15 is 0 Å². The van der Waals surface area contributed by atoms with Crippen LogP contribution in [0.4, 0.5) is 0 Å². The van der Waals surface area contributed by atoms with Gasteiger partial charge >= 0.3 is 0 Å². The lowest BCUT2D eigenvalue weighted by atomic mass is 9.86. The number of nitrogens with one attached hydrogen (secondary N) is 1. The third kappa shape index (κ3) is 5.55. The third-order valence-electron chi connectivity index (χ3n) is 3.76. The Morgan fingerprint density at radius 2 is 2.00 bits per heavy atom. The Labute approximate surface area is 120 Å². The number of hydrogen-bond donors (Lipinski definition) is 1. The van der Waals surface area contributed by atoms with Crippen LogP contribution in [-0.2, 0) is 17.7 Å². The molecule has 1 heterocycles. The Kier molecular flexibility index (Phi) is 6.74. The van der Waals surface area contributed by atoms with Crippen molar-refractivity contribution >= 4 is 11.3 Å². The second-order valence-corrected chi connectivity index (χ2v) is 6.45. The number of rotatable bonds is 8. The summed E-state index contributed by atoms with van der Waals surface area (Å²) in [4.78, 5) is 0. The fourth-order valence-corrected chi connectivity index (χ4v) is 3.46. The van der Waals surface area contributed by atoms with Gasteiger partial charge in [0.1, 0.15) is 10.0 Å². The second-order valence-electron chi connectivity index (χ2n) is 5.30. The number of methoxy groups -OCH3 is 1. The summed E-state index contributed by atoms with van der Waals surface area (Å²) in [6.07, 6.45) is 9.54. The van der Waals surface area contributed by atoms with E-state index in [-0.39, 0.29) is 0 Å². The molecule has 0 spiro atoms. The molecule has 1 aromatic heterocycles. The maximum atomic E-state index is 5.00. The van der Waals surface area contributed by atoms with Gasteiger partial charge in [-0.2, -0.15) is 0 Å². The summed E-state index contributed by atoms with van der Waals surface area (Å²) in [5.41, 5.74) is 0. The molecule has 4 nitrogen and oxygen atoms in total. The van der Waals surface area contributed by atoms with Crippen LogP contribution in [0.15, 0.2) is 0 Å². The highest BCUT2D eigenvalue weighted by atomic mass is 32.1. The molecule has 0 aromatic carbocycles. The van der Waals surface area contributed by atoms with Crippen molar-refractivity contribution in [1.82, 2.24) is 15.5 Å². The Bertz CT molecular complexity index is 350. The van der Waals surface area contributed by atoms with Crippen LogP contribution in [0.25, 0.3) is 0 Å². The molecule has 0 unspecified atom stereocenters.